The fourth-order valence-corrected chi connectivity index (χ4v) is 5.27. The summed E-state index contributed by atoms with van der Waals surface area (Å²) in [6, 6.07) is 28.6. The first kappa shape index (κ1) is 25.8. The summed E-state index contributed by atoms with van der Waals surface area (Å²) in [5, 5.41) is 0. The van der Waals surface area contributed by atoms with Crippen LogP contribution < -0.4 is 0 Å². The number of nitrogens with zero attached hydrogens (tertiary/aromatic N) is 1. The molecule has 0 aliphatic carbocycles. The highest BCUT2D eigenvalue weighted by molar-refractivity contribution is 5.81. The second-order valence-corrected chi connectivity index (χ2v) is 11.0. The molecule has 0 N–H and O–H groups in total. The fourth-order valence-electron chi connectivity index (χ4n) is 5.27. The van der Waals surface area contributed by atoms with Crippen LogP contribution in [0.25, 0.3) is 0 Å². The van der Waals surface area contributed by atoms with Crippen molar-refractivity contribution in [1.29, 1.82) is 0 Å². The van der Waals surface area contributed by atoms with E-state index in [0.717, 1.165) is 49.2 Å². The van der Waals surface area contributed by atoms with Gasteiger partial charge in [0.2, 0.25) is 0 Å². The number of carbonyl (C=O) groups excluding carboxylic acids is 1. The van der Waals surface area contributed by atoms with Gasteiger partial charge in [0.15, 0.2) is 0 Å². The van der Waals surface area contributed by atoms with E-state index in [2.05, 4.69) is 56.5 Å². The lowest BCUT2D eigenvalue weighted by molar-refractivity contribution is -0.146. The van der Waals surface area contributed by atoms with E-state index >= 15 is 0 Å². The highest BCUT2D eigenvalue weighted by Gasteiger charge is 2.31. The maximum absolute atomic E-state index is 13.3. The van der Waals surface area contributed by atoms with E-state index in [1.165, 1.54) is 11.1 Å². The Morgan fingerprint density at radius 3 is 2.14 bits per heavy atom. The zero-order chi connectivity index (χ0) is 25.5. The van der Waals surface area contributed by atoms with Crippen LogP contribution in [0, 0.1) is 5.92 Å². The van der Waals surface area contributed by atoms with Crippen LogP contribution in [0.4, 0.5) is 0 Å². The van der Waals surface area contributed by atoms with Gasteiger partial charge in [-0.05, 0) is 52.8 Å². The fraction of sp³-hybridized carbons (Fsp3) is 0.364. The predicted molar refractivity (Wildman–Crippen MR) is 148 cm³/mol. The maximum Gasteiger partial charge on any atom is 0.319 e. The molecule has 0 aromatic heterocycles. The van der Waals surface area contributed by atoms with Gasteiger partial charge in [0.25, 0.3) is 0 Å². The van der Waals surface area contributed by atoms with Crippen molar-refractivity contribution in [2.45, 2.75) is 58.0 Å². The smallest absolute Gasteiger partial charge is 0.319 e. The van der Waals surface area contributed by atoms with Crippen molar-refractivity contribution >= 4 is 5.97 Å². The van der Waals surface area contributed by atoms with Crippen molar-refractivity contribution in [2.24, 2.45) is 5.92 Å². The predicted octanol–water partition coefficient (Wildman–Crippen LogP) is 7.28. The minimum atomic E-state index is -0.493. The minimum absolute atomic E-state index is 0.147. The molecule has 3 heteroatoms. The second kappa shape index (κ2) is 11.6. The number of piperidine rings is 1. The zero-order valence-electron chi connectivity index (χ0n) is 22.0. The summed E-state index contributed by atoms with van der Waals surface area (Å²) in [6.45, 7) is 13.4. The van der Waals surface area contributed by atoms with Gasteiger partial charge in [-0.15, -0.1) is 0 Å². The molecule has 0 amide bonds. The summed E-state index contributed by atoms with van der Waals surface area (Å²) in [5.74, 6) is -0.0953. The number of likely N-dealkylation sites (tertiary alicyclic amines) is 1. The Balaban J connectivity index is 1.42. The molecule has 1 aliphatic heterocycles. The Bertz CT molecular complexity index is 1140. The molecule has 3 nitrogen and oxygen atoms in total. The van der Waals surface area contributed by atoms with Crippen LogP contribution in [0.1, 0.15) is 61.8 Å². The van der Waals surface area contributed by atoms with Gasteiger partial charge in [-0.25, -0.2) is 0 Å². The third kappa shape index (κ3) is 6.46. The Hall–Kier alpha value is -3.33. The Kier molecular flexibility index (Phi) is 8.30. The summed E-state index contributed by atoms with van der Waals surface area (Å²) in [6.07, 6.45) is 3.30. The lowest BCUT2D eigenvalue weighted by Gasteiger charge is -2.37. The molecular formula is C33H39NO2. The van der Waals surface area contributed by atoms with Crippen molar-refractivity contribution in [3.05, 3.63) is 119 Å². The lowest BCUT2D eigenvalue weighted by atomic mass is 9.80. The van der Waals surface area contributed by atoms with Gasteiger partial charge in [-0.2, -0.15) is 0 Å². The Morgan fingerprint density at radius 1 is 0.917 bits per heavy atom. The van der Waals surface area contributed by atoms with Crippen LogP contribution in [0.15, 0.2) is 97.2 Å². The molecule has 1 aliphatic rings. The summed E-state index contributed by atoms with van der Waals surface area (Å²) < 4.78 is 5.78. The van der Waals surface area contributed by atoms with Crippen LogP contribution in [0.5, 0.6) is 0 Å². The second-order valence-electron chi connectivity index (χ2n) is 11.0. The number of carbonyl (C=O) groups is 1. The quantitative estimate of drug-likeness (QED) is 0.317. The van der Waals surface area contributed by atoms with E-state index in [1.54, 1.807) is 0 Å². The van der Waals surface area contributed by atoms with Gasteiger partial charge >= 0.3 is 5.97 Å². The van der Waals surface area contributed by atoms with Crippen LogP contribution in [-0.2, 0) is 28.0 Å². The first-order valence-electron chi connectivity index (χ1n) is 13.1. The molecule has 0 saturated carbocycles. The van der Waals surface area contributed by atoms with Gasteiger partial charge in [-0.1, -0.05) is 112 Å². The number of ether oxygens (including phenoxy) is 1. The number of esters is 1. The normalized spacial score (nSPS) is 15.4. The van der Waals surface area contributed by atoms with E-state index in [1.807, 2.05) is 60.7 Å². The van der Waals surface area contributed by atoms with E-state index < -0.39 is 5.92 Å². The highest BCUT2D eigenvalue weighted by atomic mass is 16.5. The molecule has 3 aromatic rings. The van der Waals surface area contributed by atoms with E-state index in [9.17, 15) is 4.79 Å². The number of benzene rings is 3. The molecule has 1 saturated heterocycles. The van der Waals surface area contributed by atoms with Crippen LogP contribution in [0.2, 0.25) is 0 Å². The van der Waals surface area contributed by atoms with Crippen molar-refractivity contribution in [2.75, 3.05) is 13.1 Å². The summed E-state index contributed by atoms with van der Waals surface area (Å²) >= 11 is 0. The van der Waals surface area contributed by atoms with Gasteiger partial charge in [0.1, 0.15) is 12.5 Å². The standard InChI is InChI=1S/C33H39NO2/c1-25(31(28-15-9-6-10-16-28)32(35)36-24-27-13-7-5-8-14-27)34-21-19-26(20-22-34)23-29-17-11-12-18-30(29)33(2,3)4/h5-18,26,31H,1,19-24H2,2-4H3. The monoisotopic (exact) mass is 481 g/mol. The Morgan fingerprint density at radius 2 is 1.50 bits per heavy atom. The number of hydrogen-bond donors (Lipinski definition) is 0. The van der Waals surface area contributed by atoms with Crippen molar-refractivity contribution < 1.29 is 9.53 Å². The largest absolute Gasteiger partial charge is 0.460 e. The summed E-state index contributed by atoms with van der Waals surface area (Å²) in [7, 11) is 0. The average Bonchev–Trinajstić information content (AvgIpc) is 2.89. The molecule has 188 valence electrons. The van der Waals surface area contributed by atoms with E-state index in [0.29, 0.717) is 5.92 Å². The van der Waals surface area contributed by atoms with Crippen molar-refractivity contribution in [3.8, 4) is 0 Å². The van der Waals surface area contributed by atoms with Crippen LogP contribution in [-0.4, -0.2) is 24.0 Å². The highest BCUT2D eigenvalue weighted by Crippen LogP contribution is 2.33. The molecule has 36 heavy (non-hydrogen) atoms. The third-order valence-electron chi connectivity index (χ3n) is 7.28. The third-order valence-corrected chi connectivity index (χ3v) is 7.28. The summed E-state index contributed by atoms with van der Waals surface area (Å²) in [4.78, 5) is 15.6. The van der Waals surface area contributed by atoms with E-state index in [-0.39, 0.29) is 18.0 Å². The molecule has 0 spiro atoms. The molecule has 0 radical (unpaired) electrons. The van der Waals surface area contributed by atoms with Crippen LogP contribution in [0.3, 0.4) is 0 Å². The average molecular weight is 482 g/mol. The van der Waals surface area contributed by atoms with E-state index in [4.69, 9.17) is 4.74 Å². The molecule has 0 bridgehead atoms. The van der Waals surface area contributed by atoms with Gasteiger partial charge in [0, 0.05) is 18.8 Å². The molecule has 1 fully saturated rings. The van der Waals surface area contributed by atoms with Gasteiger partial charge < -0.3 is 9.64 Å². The molecule has 4 rings (SSSR count). The first-order valence-corrected chi connectivity index (χ1v) is 13.1. The number of hydrogen-bond acceptors (Lipinski definition) is 3. The zero-order valence-corrected chi connectivity index (χ0v) is 22.0. The van der Waals surface area contributed by atoms with Gasteiger partial charge in [-0.3, -0.25) is 4.79 Å². The lowest BCUT2D eigenvalue weighted by Crippen LogP contribution is -2.37. The van der Waals surface area contributed by atoms with Crippen molar-refractivity contribution in [3.63, 3.8) is 0 Å². The van der Waals surface area contributed by atoms with Crippen molar-refractivity contribution in [1.82, 2.24) is 4.90 Å². The summed E-state index contributed by atoms with van der Waals surface area (Å²) in [5.41, 5.74) is 5.82. The minimum Gasteiger partial charge on any atom is -0.460 e. The molecular weight excluding hydrogens is 442 g/mol. The molecule has 1 atom stereocenters. The van der Waals surface area contributed by atoms with Crippen LogP contribution >= 0.6 is 0 Å². The molecule has 1 unspecified atom stereocenters. The Labute approximate surface area is 216 Å². The first-order chi connectivity index (χ1) is 17.3. The number of rotatable bonds is 8. The maximum atomic E-state index is 13.3. The van der Waals surface area contributed by atoms with Gasteiger partial charge in [0.05, 0.1) is 0 Å². The molecule has 3 aromatic carbocycles. The molecule has 1 heterocycles. The SMILES string of the molecule is C=C(C(C(=O)OCc1ccccc1)c1ccccc1)N1CCC(Cc2ccccc2C(C)(C)C)CC1. The topological polar surface area (TPSA) is 29.5 Å².